The number of rotatable bonds is 3. The lowest BCUT2D eigenvalue weighted by Crippen LogP contribution is -2.15. The minimum Gasteiger partial charge on any atom is -0.397 e. The van der Waals surface area contributed by atoms with Crippen LogP contribution in [0.4, 0.5) is 11.4 Å². The van der Waals surface area contributed by atoms with Crippen molar-refractivity contribution < 1.29 is 4.79 Å². The van der Waals surface area contributed by atoms with Gasteiger partial charge in [0, 0.05) is 11.9 Å². The molecule has 0 spiro atoms. The van der Waals surface area contributed by atoms with E-state index >= 15 is 0 Å². The number of amides is 1. The number of nitrogen functional groups attached to an aromatic ring is 1. The molecule has 2 aromatic heterocycles. The van der Waals surface area contributed by atoms with E-state index in [-0.39, 0.29) is 11.6 Å². The third kappa shape index (κ3) is 2.71. The lowest BCUT2D eigenvalue weighted by Gasteiger charge is -2.07. The summed E-state index contributed by atoms with van der Waals surface area (Å²) in [5.41, 5.74) is 7.77. The maximum atomic E-state index is 12.1. The van der Waals surface area contributed by atoms with Gasteiger partial charge in [-0.15, -0.1) is 0 Å². The van der Waals surface area contributed by atoms with Crippen molar-refractivity contribution in [1.29, 1.82) is 0 Å². The molecule has 0 saturated carbocycles. The molecule has 0 radical (unpaired) electrons. The van der Waals surface area contributed by atoms with Gasteiger partial charge in [-0.25, -0.2) is 14.6 Å². The Morgan fingerprint density at radius 3 is 2.67 bits per heavy atom. The molecule has 1 amide bonds. The van der Waals surface area contributed by atoms with Gasteiger partial charge in [-0.05, 0) is 36.4 Å². The fourth-order valence-electron chi connectivity index (χ4n) is 1.84. The second kappa shape index (κ2) is 5.41. The quantitative estimate of drug-likeness (QED) is 0.757. The van der Waals surface area contributed by atoms with Crippen LogP contribution < -0.4 is 11.1 Å². The number of anilines is 2. The molecule has 0 aliphatic heterocycles. The molecule has 0 saturated heterocycles. The molecule has 7 heteroatoms. The summed E-state index contributed by atoms with van der Waals surface area (Å²) >= 11 is 0. The molecule has 3 N–H and O–H groups in total. The highest BCUT2D eigenvalue weighted by molar-refractivity contribution is 6.06. The number of nitrogens with one attached hydrogen (secondary N) is 1. The van der Waals surface area contributed by atoms with Gasteiger partial charge in [-0.2, -0.15) is 5.10 Å². The summed E-state index contributed by atoms with van der Waals surface area (Å²) < 4.78 is 1.63. The van der Waals surface area contributed by atoms with Crippen molar-refractivity contribution in [1.82, 2.24) is 19.7 Å². The Hall–Kier alpha value is -3.22. The Bertz CT molecular complexity index is 751. The SMILES string of the molecule is Nc1cccnc1C(=O)Nc1ccc(-n2cncn2)cc1. The molecule has 1 aromatic carbocycles. The van der Waals surface area contributed by atoms with Crippen molar-refractivity contribution in [3.63, 3.8) is 0 Å². The first kappa shape index (κ1) is 12.8. The number of carbonyl (C=O) groups excluding carboxylic acids is 1. The van der Waals surface area contributed by atoms with Gasteiger partial charge in [0.2, 0.25) is 0 Å². The number of hydrogen-bond acceptors (Lipinski definition) is 5. The fourth-order valence-corrected chi connectivity index (χ4v) is 1.84. The molecule has 3 rings (SSSR count). The first-order chi connectivity index (χ1) is 10.2. The highest BCUT2D eigenvalue weighted by Gasteiger charge is 2.10. The minimum absolute atomic E-state index is 0.206. The summed E-state index contributed by atoms with van der Waals surface area (Å²) in [5.74, 6) is -0.346. The number of benzene rings is 1. The average molecular weight is 280 g/mol. The first-order valence-corrected chi connectivity index (χ1v) is 6.21. The van der Waals surface area contributed by atoms with Crippen LogP contribution >= 0.6 is 0 Å². The van der Waals surface area contributed by atoms with Crippen LogP contribution in [0.25, 0.3) is 5.69 Å². The predicted molar refractivity (Wildman–Crippen MR) is 78.0 cm³/mol. The van der Waals surface area contributed by atoms with E-state index in [4.69, 9.17) is 5.73 Å². The van der Waals surface area contributed by atoms with Gasteiger partial charge in [0.05, 0.1) is 11.4 Å². The Kier molecular flexibility index (Phi) is 3.30. The maximum absolute atomic E-state index is 12.1. The molecule has 3 aromatic rings. The summed E-state index contributed by atoms with van der Waals surface area (Å²) in [6.07, 6.45) is 4.58. The average Bonchev–Trinajstić information content (AvgIpc) is 3.02. The number of nitrogens with two attached hydrogens (primary N) is 1. The van der Waals surface area contributed by atoms with Crippen LogP contribution in [0.2, 0.25) is 0 Å². The second-order valence-electron chi connectivity index (χ2n) is 4.28. The zero-order chi connectivity index (χ0) is 14.7. The normalized spacial score (nSPS) is 10.3. The van der Waals surface area contributed by atoms with Gasteiger partial charge in [-0.3, -0.25) is 4.79 Å². The van der Waals surface area contributed by atoms with E-state index in [2.05, 4.69) is 20.4 Å². The summed E-state index contributed by atoms with van der Waals surface area (Å²) in [6, 6.07) is 10.5. The summed E-state index contributed by atoms with van der Waals surface area (Å²) in [5, 5.41) is 6.77. The smallest absolute Gasteiger partial charge is 0.276 e. The molecule has 2 heterocycles. The summed E-state index contributed by atoms with van der Waals surface area (Å²) in [7, 11) is 0. The molecule has 104 valence electrons. The monoisotopic (exact) mass is 280 g/mol. The molecule has 0 unspecified atom stereocenters. The molecule has 0 bridgehead atoms. The van der Waals surface area contributed by atoms with Gasteiger partial charge in [-0.1, -0.05) is 0 Å². The maximum Gasteiger partial charge on any atom is 0.276 e. The number of pyridine rings is 1. The van der Waals surface area contributed by atoms with Crippen LogP contribution in [-0.4, -0.2) is 25.7 Å². The Morgan fingerprint density at radius 1 is 1.19 bits per heavy atom. The van der Waals surface area contributed by atoms with E-state index < -0.39 is 0 Å². The zero-order valence-electron chi connectivity index (χ0n) is 11.0. The van der Waals surface area contributed by atoms with Crippen LogP contribution in [0.3, 0.4) is 0 Å². The minimum atomic E-state index is -0.346. The Morgan fingerprint density at radius 2 is 2.00 bits per heavy atom. The Balaban J connectivity index is 1.77. The van der Waals surface area contributed by atoms with Crippen molar-refractivity contribution in [2.24, 2.45) is 0 Å². The zero-order valence-corrected chi connectivity index (χ0v) is 11.0. The second-order valence-corrected chi connectivity index (χ2v) is 4.28. The van der Waals surface area contributed by atoms with E-state index in [0.29, 0.717) is 11.4 Å². The largest absolute Gasteiger partial charge is 0.397 e. The number of nitrogens with zero attached hydrogens (tertiary/aromatic N) is 4. The molecule has 7 nitrogen and oxygen atoms in total. The standard InChI is InChI=1S/C14H12N6O/c15-12-2-1-7-17-13(12)14(21)19-10-3-5-11(6-4-10)20-9-16-8-18-20/h1-9H,15H2,(H,19,21). The van der Waals surface area contributed by atoms with Crippen molar-refractivity contribution in [2.75, 3.05) is 11.1 Å². The molecule has 0 fully saturated rings. The molecule has 21 heavy (non-hydrogen) atoms. The number of aromatic nitrogens is 4. The van der Waals surface area contributed by atoms with Gasteiger partial charge in [0.25, 0.3) is 5.91 Å². The third-order valence-electron chi connectivity index (χ3n) is 2.86. The van der Waals surface area contributed by atoms with Crippen LogP contribution in [0.5, 0.6) is 0 Å². The summed E-state index contributed by atoms with van der Waals surface area (Å²) in [4.78, 5) is 19.9. The van der Waals surface area contributed by atoms with Gasteiger partial charge < -0.3 is 11.1 Å². The number of carbonyl (C=O) groups is 1. The summed E-state index contributed by atoms with van der Waals surface area (Å²) in [6.45, 7) is 0. The van der Waals surface area contributed by atoms with Crippen LogP contribution in [0, 0.1) is 0 Å². The van der Waals surface area contributed by atoms with Crippen LogP contribution in [0.1, 0.15) is 10.5 Å². The lowest BCUT2D eigenvalue weighted by atomic mass is 10.2. The van der Waals surface area contributed by atoms with Crippen molar-refractivity contribution >= 4 is 17.3 Å². The van der Waals surface area contributed by atoms with E-state index in [9.17, 15) is 4.79 Å². The third-order valence-corrected chi connectivity index (χ3v) is 2.86. The lowest BCUT2D eigenvalue weighted by molar-refractivity contribution is 0.102. The number of hydrogen-bond donors (Lipinski definition) is 2. The predicted octanol–water partition coefficient (Wildman–Crippen LogP) is 1.50. The highest BCUT2D eigenvalue weighted by Crippen LogP contribution is 2.14. The van der Waals surface area contributed by atoms with E-state index in [1.165, 1.54) is 12.5 Å². The van der Waals surface area contributed by atoms with Crippen molar-refractivity contribution in [2.45, 2.75) is 0 Å². The molecular formula is C14H12N6O. The molecule has 0 atom stereocenters. The highest BCUT2D eigenvalue weighted by atomic mass is 16.1. The fraction of sp³-hybridized carbons (Fsp3) is 0. The van der Waals surface area contributed by atoms with Crippen LogP contribution in [-0.2, 0) is 0 Å². The topological polar surface area (TPSA) is 98.7 Å². The Labute approximate surface area is 120 Å². The van der Waals surface area contributed by atoms with Crippen molar-refractivity contribution in [3.05, 3.63) is 60.9 Å². The molecule has 0 aliphatic carbocycles. The van der Waals surface area contributed by atoms with Gasteiger partial charge >= 0.3 is 0 Å². The van der Waals surface area contributed by atoms with Crippen molar-refractivity contribution in [3.8, 4) is 5.69 Å². The first-order valence-electron chi connectivity index (χ1n) is 6.21. The van der Waals surface area contributed by atoms with E-state index in [1.807, 2.05) is 12.1 Å². The van der Waals surface area contributed by atoms with Crippen LogP contribution in [0.15, 0.2) is 55.2 Å². The molecule has 0 aliphatic rings. The van der Waals surface area contributed by atoms with Gasteiger partial charge in [0.1, 0.15) is 12.7 Å². The van der Waals surface area contributed by atoms with Gasteiger partial charge in [0.15, 0.2) is 5.69 Å². The molecular weight excluding hydrogens is 268 g/mol. The van der Waals surface area contributed by atoms with E-state index in [1.54, 1.807) is 35.3 Å². The van der Waals surface area contributed by atoms with E-state index in [0.717, 1.165) is 5.69 Å².